The van der Waals surface area contributed by atoms with Gasteiger partial charge in [0.15, 0.2) is 0 Å². The second kappa shape index (κ2) is 6.68. The Bertz CT molecular complexity index is 840. The van der Waals surface area contributed by atoms with Gasteiger partial charge in [-0.05, 0) is 53.9 Å². The molecule has 1 aliphatic carbocycles. The monoisotopic (exact) mass is 432 g/mol. The van der Waals surface area contributed by atoms with Gasteiger partial charge in [-0.2, -0.15) is 0 Å². The predicted octanol–water partition coefficient (Wildman–Crippen LogP) is 5.91. The Hall–Kier alpha value is -1.33. The molecule has 0 unspecified atom stereocenters. The Balaban J connectivity index is 1.63. The van der Waals surface area contributed by atoms with Crippen molar-refractivity contribution < 1.29 is 4.79 Å². The SMILES string of the molecule is CCC(C)(C)[C@@H]1CCc2c(sc3c2C(=O)N[C@@H](c2ccc(Br)cc2)N3)C1. The molecule has 0 saturated carbocycles. The van der Waals surface area contributed by atoms with Gasteiger partial charge in [-0.25, -0.2) is 0 Å². The highest BCUT2D eigenvalue weighted by Crippen LogP contribution is 2.46. The maximum atomic E-state index is 12.9. The van der Waals surface area contributed by atoms with Crippen LogP contribution >= 0.6 is 27.3 Å². The van der Waals surface area contributed by atoms with Gasteiger partial charge in [0.1, 0.15) is 11.2 Å². The van der Waals surface area contributed by atoms with E-state index in [2.05, 4.69) is 47.3 Å². The first-order chi connectivity index (χ1) is 12.4. The van der Waals surface area contributed by atoms with E-state index in [0.29, 0.717) is 11.3 Å². The summed E-state index contributed by atoms with van der Waals surface area (Å²) in [5.41, 5.74) is 3.61. The van der Waals surface area contributed by atoms with Crippen molar-refractivity contribution >= 4 is 38.2 Å². The van der Waals surface area contributed by atoms with Crippen molar-refractivity contribution in [2.45, 2.75) is 52.6 Å². The van der Waals surface area contributed by atoms with Crippen LogP contribution in [0.3, 0.4) is 0 Å². The number of nitrogens with one attached hydrogen (secondary N) is 2. The molecule has 0 spiro atoms. The van der Waals surface area contributed by atoms with E-state index in [1.807, 2.05) is 24.3 Å². The zero-order valence-corrected chi connectivity index (χ0v) is 17.9. The summed E-state index contributed by atoms with van der Waals surface area (Å²) in [7, 11) is 0. The number of carbonyl (C=O) groups is 1. The van der Waals surface area contributed by atoms with Crippen LogP contribution in [-0.2, 0) is 12.8 Å². The molecule has 1 aromatic carbocycles. The lowest BCUT2D eigenvalue weighted by Gasteiger charge is -2.36. The van der Waals surface area contributed by atoms with Crippen molar-refractivity contribution in [3.05, 3.63) is 50.3 Å². The summed E-state index contributed by atoms with van der Waals surface area (Å²) in [6.45, 7) is 7.04. The molecule has 2 aromatic rings. The highest BCUT2D eigenvalue weighted by molar-refractivity contribution is 9.10. The van der Waals surface area contributed by atoms with Crippen molar-refractivity contribution in [3.63, 3.8) is 0 Å². The smallest absolute Gasteiger partial charge is 0.256 e. The lowest BCUT2D eigenvalue weighted by Crippen LogP contribution is -2.38. The van der Waals surface area contributed by atoms with Crippen LogP contribution in [0.1, 0.15) is 66.1 Å². The summed E-state index contributed by atoms with van der Waals surface area (Å²) in [4.78, 5) is 14.3. The van der Waals surface area contributed by atoms with E-state index >= 15 is 0 Å². The molecule has 2 heterocycles. The van der Waals surface area contributed by atoms with Gasteiger partial charge in [0.05, 0.1) is 5.56 Å². The molecule has 26 heavy (non-hydrogen) atoms. The second-order valence-electron chi connectivity index (χ2n) is 8.09. The lowest BCUT2D eigenvalue weighted by molar-refractivity contribution is 0.0934. The molecule has 1 amide bonds. The van der Waals surface area contributed by atoms with Gasteiger partial charge in [0.25, 0.3) is 5.91 Å². The maximum Gasteiger partial charge on any atom is 0.256 e. The van der Waals surface area contributed by atoms with Crippen LogP contribution in [0.2, 0.25) is 0 Å². The van der Waals surface area contributed by atoms with Crippen molar-refractivity contribution in [3.8, 4) is 0 Å². The minimum Gasteiger partial charge on any atom is -0.353 e. The number of benzene rings is 1. The summed E-state index contributed by atoms with van der Waals surface area (Å²) in [5, 5.41) is 7.74. The number of halogens is 1. The van der Waals surface area contributed by atoms with Gasteiger partial charge in [-0.3, -0.25) is 4.79 Å². The molecule has 2 aliphatic rings. The number of hydrogen-bond acceptors (Lipinski definition) is 3. The first-order valence-electron chi connectivity index (χ1n) is 9.36. The zero-order valence-electron chi connectivity index (χ0n) is 15.5. The van der Waals surface area contributed by atoms with Gasteiger partial charge in [0.2, 0.25) is 0 Å². The van der Waals surface area contributed by atoms with Crippen molar-refractivity contribution in [1.29, 1.82) is 0 Å². The Morgan fingerprint density at radius 2 is 1.96 bits per heavy atom. The normalized spacial score (nSPS) is 22.2. The quantitative estimate of drug-likeness (QED) is 0.632. The number of rotatable bonds is 3. The number of thiophene rings is 1. The average molecular weight is 433 g/mol. The molecule has 5 heteroatoms. The molecular weight excluding hydrogens is 408 g/mol. The fourth-order valence-corrected chi connectivity index (χ4v) is 5.69. The van der Waals surface area contributed by atoms with Crippen LogP contribution in [-0.4, -0.2) is 5.91 Å². The molecule has 4 rings (SSSR count). The van der Waals surface area contributed by atoms with E-state index in [-0.39, 0.29) is 12.1 Å². The van der Waals surface area contributed by atoms with E-state index in [1.165, 1.54) is 23.3 Å². The van der Waals surface area contributed by atoms with Gasteiger partial charge in [0, 0.05) is 9.35 Å². The van der Waals surface area contributed by atoms with Crippen LogP contribution in [0.15, 0.2) is 28.7 Å². The van der Waals surface area contributed by atoms with Gasteiger partial charge in [-0.15, -0.1) is 11.3 Å². The molecule has 1 aromatic heterocycles. The van der Waals surface area contributed by atoms with Crippen LogP contribution in [0, 0.1) is 11.3 Å². The molecule has 2 atom stereocenters. The van der Waals surface area contributed by atoms with E-state index in [9.17, 15) is 4.79 Å². The van der Waals surface area contributed by atoms with Crippen LogP contribution in [0.4, 0.5) is 5.00 Å². The molecule has 0 saturated heterocycles. The van der Waals surface area contributed by atoms with Crippen molar-refractivity contribution in [1.82, 2.24) is 5.32 Å². The Labute approximate surface area is 167 Å². The summed E-state index contributed by atoms with van der Waals surface area (Å²) in [5.74, 6) is 0.766. The number of anilines is 1. The molecule has 3 nitrogen and oxygen atoms in total. The summed E-state index contributed by atoms with van der Waals surface area (Å²) in [6.07, 6.45) is 4.34. The standard InChI is InChI=1S/C21H25BrN2OS/c1-4-21(2,3)13-7-10-15-16(11-13)26-20-17(15)19(25)23-18(24-20)12-5-8-14(22)9-6-12/h5-6,8-9,13,18,24H,4,7,10-11H2,1-3H3,(H,23,25)/t13-,18-/m1/s1. The van der Waals surface area contributed by atoms with E-state index in [1.54, 1.807) is 11.3 Å². The molecule has 2 N–H and O–H groups in total. The third-order valence-corrected chi connectivity index (χ3v) is 7.98. The third-order valence-electron chi connectivity index (χ3n) is 6.26. The second-order valence-corrected chi connectivity index (χ2v) is 10.1. The Kier molecular flexibility index (Phi) is 4.64. The Morgan fingerprint density at radius 1 is 1.23 bits per heavy atom. The lowest BCUT2D eigenvalue weighted by atomic mass is 9.69. The molecule has 0 radical (unpaired) electrons. The topological polar surface area (TPSA) is 41.1 Å². The van der Waals surface area contributed by atoms with E-state index in [4.69, 9.17) is 0 Å². The largest absolute Gasteiger partial charge is 0.353 e. The predicted molar refractivity (Wildman–Crippen MR) is 112 cm³/mol. The average Bonchev–Trinajstić information content (AvgIpc) is 3.00. The van der Waals surface area contributed by atoms with E-state index in [0.717, 1.165) is 33.4 Å². The minimum absolute atomic E-state index is 0.0670. The first kappa shape index (κ1) is 18.1. The van der Waals surface area contributed by atoms with Gasteiger partial charge < -0.3 is 10.6 Å². The molecule has 138 valence electrons. The molecule has 1 aliphatic heterocycles. The number of fused-ring (bicyclic) bond motifs is 3. The molecular formula is C21H25BrN2OS. The minimum atomic E-state index is -0.161. The maximum absolute atomic E-state index is 12.9. The van der Waals surface area contributed by atoms with Crippen LogP contribution in [0.25, 0.3) is 0 Å². The number of amides is 1. The Morgan fingerprint density at radius 3 is 2.65 bits per heavy atom. The van der Waals surface area contributed by atoms with Gasteiger partial charge in [-0.1, -0.05) is 55.3 Å². The summed E-state index contributed by atoms with van der Waals surface area (Å²) in [6, 6.07) is 8.10. The first-order valence-corrected chi connectivity index (χ1v) is 11.0. The molecule has 0 fully saturated rings. The fraction of sp³-hybridized carbons (Fsp3) is 0.476. The third kappa shape index (κ3) is 3.09. The van der Waals surface area contributed by atoms with Crippen molar-refractivity contribution in [2.75, 3.05) is 5.32 Å². The number of carbonyl (C=O) groups excluding carboxylic acids is 1. The van der Waals surface area contributed by atoms with Crippen LogP contribution < -0.4 is 10.6 Å². The van der Waals surface area contributed by atoms with E-state index < -0.39 is 0 Å². The summed E-state index contributed by atoms with van der Waals surface area (Å²) >= 11 is 5.26. The summed E-state index contributed by atoms with van der Waals surface area (Å²) < 4.78 is 1.04. The van der Waals surface area contributed by atoms with Crippen LogP contribution in [0.5, 0.6) is 0 Å². The van der Waals surface area contributed by atoms with Gasteiger partial charge >= 0.3 is 0 Å². The fourth-order valence-electron chi connectivity index (χ4n) is 4.08. The molecule has 0 bridgehead atoms. The zero-order chi connectivity index (χ0) is 18.5. The highest BCUT2D eigenvalue weighted by Gasteiger charge is 2.37. The van der Waals surface area contributed by atoms with Crippen molar-refractivity contribution in [2.24, 2.45) is 11.3 Å². The number of hydrogen-bond donors (Lipinski definition) is 2. The highest BCUT2D eigenvalue weighted by atomic mass is 79.9.